The number of rotatable bonds is 7. The lowest BCUT2D eigenvalue weighted by atomic mass is 9.47. The van der Waals surface area contributed by atoms with Crippen molar-refractivity contribution in [3.05, 3.63) is 108 Å². The maximum absolute atomic E-state index is 14.3. The highest BCUT2D eigenvalue weighted by Gasteiger charge is 2.84. The second-order valence-electron chi connectivity index (χ2n) is 14.6. The summed E-state index contributed by atoms with van der Waals surface area (Å²) in [6.45, 7) is 8.04. The van der Waals surface area contributed by atoms with Crippen LogP contribution >= 0.6 is 0 Å². The van der Waals surface area contributed by atoms with Crippen LogP contribution in [0.15, 0.2) is 95.6 Å². The molecule has 0 unspecified atom stereocenters. The zero-order valence-electron chi connectivity index (χ0n) is 29.0. The molecule has 266 valence electrons. The van der Waals surface area contributed by atoms with Gasteiger partial charge in [0.2, 0.25) is 5.76 Å². The number of esters is 4. The molecule has 2 bridgehead atoms. The molecule has 1 spiro atoms. The summed E-state index contributed by atoms with van der Waals surface area (Å²) >= 11 is 0. The third-order valence-corrected chi connectivity index (χ3v) is 11.1. The minimum absolute atomic E-state index is 0.0663. The fourth-order valence-corrected chi connectivity index (χ4v) is 8.92. The van der Waals surface area contributed by atoms with Gasteiger partial charge in [-0.2, -0.15) is 0 Å². The van der Waals surface area contributed by atoms with Gasteiger partial charge in [0.05, 0.1) is 34.0 Å². The van der Waals surface area contributed by atoms with Crippen molar-refractivity contribution >= 4 is 34.6 Å². The Morgan fingerprint density at radius 2 is 1.45 bits per heavy atom. The average molecular weight is 697 g/mol. The number of carbonyl (C=O) groups excluding carboxylic acids is 4. The van der Waals surface area contributed by atoms with E-state index < -0.39 is 76.4 Å². The van der Waals surface area contributed by atoms with Crippen molar-refractivity contribution < 1.29 is 52.4 Å². The topological polar surface area (TPSA) is 148 Å². The van der Waals surface area contributed by atoms with Crippen LogP contribution in [0.25, 0.3) is 10.8 Å². The van der Waals surface area contributed by atoms with E-state index in [1.807, 2.05) is 44.2 Å². The van der Waals surface area contributed by atoms with Gasteiger partial charge in [-0.3, -0.25) is 4.79 Å². The summed E-state index contributed by atoms with van der Waals surface area (Å²) in [5, 5.41) is 14.3. The average Bonchev–Trinajstić information content (AvgIpc) is 3.70. The number of ether oxygens (including phenoxy) is 5. The van der Waals surface area contributed by atoms with Crippen LogP contribution in [0.2, 0.25) is 0 Å². The van der Waals surface area contributed by atoms with Gasteiger partial charge in [-0.25, -0.2) is 14.4 Å². The molecular formula is C40H40O11. The number of fused-ring (bicyclic) bond motifs is 2. The van der Waals surface area contributed by atoms with Crippen LogP contribution in [0.4, 0.5) is 0 Å². The highest BCUT2D eigenvalue weighted by Crippen LogP contribution is 2.69. The van der Waals surface area contributed by atoms with Gasteiger partial charge in [-0.05, 0) is 75.2 Å². The van der Waals surface area contributed by atoms with Crippen LogP contribution < -0.4 is 0 Å². The van der Waals surface area contributed by atoms with E-state index in [2.05, 4.69) is 0 Å². The van der Waals surface area contributed by atoms with Gasteiger partial charge in [-0.1, -0.05) is 54.6 Å². The third kappa shape index (κ3) is 5.41. The van der Waals surface area contributed by atoms with Crippen molar-refractivity contribution in [1.82, 2.24) is 0 Å². The van der Waals surface area contributed by atoms with Gasteiger partial charge in [0, 0.05) is 19.3 Å². The molecule has 3 aromatic carbocycles. The maximum Gasteiger partial charge on any atom is 0.374 e. The Kier molecular flexibility index (Phi) is 8.34. The summed E-state index contributed by atoms with van der Waals surface area (Å²) in [5.41, 5.74) is -5.97. The Bertz CT molecular complexity index is 1980. The van der Waals surface area contributed by atoms with E-state index >= 15 is 0 Å². The third-order valence-electron chi connectivity index (χ3n) is 11.1. The molecule has 1 N–H and O–H groups in total. The lowest BCUT2D eigenvalue weighted by Crippen LogP contribution is -2.81. The highest BCUT2D eigenvalue weighted by molar-refractivity contribution is 6.04. The summed E-state index contributed by atoms with van der Waals surface area (Å²) < 4.78 is 37.2. The second kappa shape index (κ2) is 12.3. The molecule has 8 atom stereocenters. The predicted octanol–water partition coefficient (Wildman–Crippen LogP) is 6.07. The fourth-order valence-electron chi connectivity index (χ4n) is 8.92. The second-order valence-corrected chi connectivity index (χ2v) is 14.6. The molecule has 3 aliphatic rings. The molecule has 2 saturated carbocycles. The Balaban J connectivity index is 1.38. The summed E-state index contributed by atoms with van der Waals surface area (Å²) in [4.78, 5) is 54.3. The molecule has 1 aromatic heterocycles. The van der Waals surface area contributed by atoms with Crippen LogP contribution in [0, 0.1) is 11.3 Å². The molecule has 4 aromatic rings. The van der Waals surface area contributed by atoms with E-state index in [0.29, 0.717) is 10.9 Å². The minimum Gasteiger partial charge on any atom is -0.458 e. The van der Waals surface area contributed by atoms with Crippen molar-refractivity contribution in [2.45, 2.75) is 88.7 Å². The molecule has 0 amide bonds. The first-order valence-corrected chi connectivity index (χ1v) is 17.0. The summed E-state index contributed by atoms with van der Waals surface area (Å²) in [6.07, 6.45) is -3.71. The molecule has 7 rings (SSSR count). The van der Waals surface area contributed by atoms with Crippen molar-refractivity contribution in [3.63, 3.8) is 0 Å². The van der Waals surface area contributed by atoms with Gasteiger partial charge in [-0.15, -0.1) is 0 Å². The van der Waals surface area contributed by atoms with Crippen molar-refractivity contribution in [2.24, 2.45) is 11.3 Å². The van der Waals surface area contributed by atoms with Gasteiger partial charge in [0.15, 0.2) is 6.10 Å². The first-order chi connectivity index (χ1) is 24.2. The monoisotopic (exact) mass is 696 g/mol. The summed E-state index contributed by atoms with van der Waals surface area (Å²) in [5.74, 6) is -3.55. The van der Waals surface area contributed by atoms with Crippen molar-refractivity contribution in [3.8, 4) is 0 Å². The number of benzene rings is 3. The van der Waals surface area contributed by atoms with E-state index in [1.165, 1.54) is 26.2 Å². The molecule has 1 aliphatic heterocycles. The Labute approximate surface area is 294 Å². The van der Waals surface area contributed by atoms with Gasteiger partial charge >= 0.3 is 23.9 Å². The Morgan fingerprint density at radius 3 is 2.16 bits per heavy atom. The van der Waals surface area contributed by atoms with Crippen LogP contribution in [-0.4, -0.2) is 70.2 Å². The van der Waals surface area contributed by atoms with E-state index in [0.717, 1.165) is 5.39 Å². The summed E-state index contributed by atoms with van der Waals surface area (Å²) in [7, 11) is 0. The largest absolute Gasteiger partial charge is 0.458 e. The number of hydrogen-bond acceptors (Lipinski definition) is 11. The molecule has 3 fully saturated rings. The molecule has 0 radical (unpaired) electrons. The SMILES string of the molecule is CC(=O)O[C@H]1[C@@H](OC(=O)c2ccccc2)C[C@@](C)(O)[C@]23OC(C)(C)[C@H](C[C@H](OC(=O)c4ccco4)[C@]12C)[C@H]3OC(=O)c1cccc2ccccc12. The summed E-state index contributed by atoms with van der Waals surface area (Å²) in [6, 6.07) is 24.0. The van der Waals surface area contributed by atoms with Crippen LogP contribution in [-0.2, 0) is 28.5 Å². The minimum atomic E-state index is -1.93. The maximum atomic E-state index is 14.3. The standard InChI is InChI=1S/C40H40O11/c1-23(41)47-33-30(48-34(42)25-14-7-6-8-15-25)22-38(4,45)40-32(50-35(43)27-18-11-16-24-13-9-10-17-26(24)27)28(37(2,3)51-40)21-31(39(33,40)5)49-36(44)29-19-12-20-46-29/h6-20,28,30-33,45H,21-22H2,1-5H3/t28-,30+,31+,32-,33+,38-,39-,40+/m1/s1. The zero-order valence-corrected chi connectivity index (χ0v) is 29.0. The first-order valence-electron chi connectivity index (χ1n) is 17.0. The molecule has 11 heteroatoms. The fraction of sp³-hybridized carbons (Fsp3) is 0.400. The smallest absolute Gasteiger partial charge is 0.374 e. The lowest BCUT2D eigenvalue weighted by molar-refractivity contribution is -0.342. The Morgan fingerprint density at radius 1 is 0.745 bits per heavy atom. The lowest BCUT2D eigenvalue weighted by Gasteiger charge is -2.65. The van der Waals surface area contributed by atoms with E-state index in [1.54, 1.807) is 55.5 Å². The van der Waals surface area contributed by atoms with Crippen LogP contribution in [0.3, 0.4) is 0 Å². The van der Waals surface area contributed by atoms with E-state index in [4.69, 9.17) is 28.1 Å². The van der Waals surface area contributed by atoms with Gasteiger partial charge in [0.25, 0.3) is 0 Å². The molecule has 2 heterocycles. The van der Waals surface area contributed by atoms with Gasteiger partial charge < -0.3 is 33.2 Å². The highest BCUT2D eigenvalue weighted by atomic mass is 16.6. The molecule has 1 saturated heterocycles. The number of aliphatic hydroxyl groups is 1. The number of hydrogen-bond donors (Lipinski definition) is 1. The van der Waals surface area contributed by atoms with Crippen LogP contribution in [0.1, 0.15) is 78.7 Å². The zero-order chi connectivity index (χ0) is 36.3. The normalized spacial score (nSPS) is 32.0. The van der Waals surface area contributed by atoms with E-state index in [-0.39, 0.29) is 24.2 Å². The molecular weight excluding hydrogens is 656 g/mol. The van der Waals surface area contributed by atoms with Crippen molar-refractivity contribution in [1.29, 1.82) is 0 Å². The van der Waals surface area contributed by atoms with Crippen molar-refractivity contribution in [2.75, 3.05) is 0 Å². The molecule has 11 nitrogen and oxygen atoms in total. The quantitative estimate of drug-likeness (QED) is 0.177. The van der Waals surface area contributed by atoms with E-state index in [9.17, 15) is 24.3 Å². The van der Waals surface area contributed by atoms with Gasteiger partial charge in [0.1, 0.15) is 23.9 Å². The molecule has 51 heavy (non-hydrogen) atoms. The Hall–Kier alpha value is -5.00. The number of furan rings is 1. The molecule has 2 aliphatic carbocycles. The predicted molar refractivity (Wildman–Crippen MR) is 182 cm³/mol. The number of carbonyl (C=O) groups is 4. The first kappa shape index (κ1) is 34.4. The van der Waals surface area contributed by atoms with Crippen LogP contribution in [0.5, 0.6) is 0 Å².